The molecule has 0 heterocycles. The number of ether oxygens (including phenoxy) is 2. The molecule has 0 saturated heterocycles. The van der Waals surface area contributed by atoms with Crippen LogP contribution in [0.3, 0.4) is 0 Å². The first-order valence-electron chi connectivity index (χ1n) is 7.60. The monoisotopic (exact) mass is 299 g/mol. The van der Waals surface area contributed by atoms with E-state index in [1.807, 2.05) is 36.4 Å². The number of nitrogens with one attached hydrogen (secondary N) is 1. The maximum Gasteiger partial charge on any atom is 0.119 e. The van der Waals surface area contributed by atoms with E-state index in [-0.39, 0.29) is 5.41 Å². The molecule has 2 rings (SSSR count). The molecule has 0 atom stereocenters. The highest BCUT2D eigenvalue weighted by molar-refractivity contribution is 5.46. The summed E-state index contributed by atoms with van der Waals surface area (Å²) in [7, 11) is 1.67. The molecule has 3 heteroatoms. The van der Waals surface area contributed by atoms with Crippen LogP contribution in [0.5, 0.6) is 11.5 Å². The van der Waals surface area contributed by atoms with E-state index in [4.69, 9.17) is 9.47 Å². The Balaban J connectivity index is 1.76. The van der Waals surface area contributed by atoms with Crippen LogP contribution in [0.25, 0.3) is 0 Å². The van der Waals surface area contributed by atoms with Crippen molar-refractivity contribution in [3.05, 3.63) is 54.1 Å². The van der Waals surface area contributed by atoms with Gasteiger partial charge >= 0.3 is 0 Å². The molecule has 0 saturated carbocycles. The quantitative estimate of drug-likeness (QED) is 0.798. The van der Waals surface area contributed by atoms with Crippen LogP contribution in [0, 0.1) is 0 Å². The summed E-state index contributed by atoms with van der Waals surface area (Å²) in [5.41, 5.74) is 2.55. The predicted molar refractivity (Wildman–Crippen MR) is 92.1 cm³/mol. The first-order chi connectivity index (χ1) is 10.5. The first-order valence-corrected chi connectivity index (χ1v) is 7.60. The molecule has 0 radical (unpaired) electrons. The summed E-state index contributed by atoms with van der Waals surface area (Å²) in [6.45, 7) is 8.01. The number of anilines is 1. The Hall–Kier alpha value is -2.16. The van der Waals surface area contributed by atoms with E-state index in [2.05, 4.69) is 38.2 Å². The van der Waals surface area contributed by atoms with Gasteiger partial charge in [0.25, 0.3) is 0 Å². The van der Waals surface area contributed by atoms with Crippen LogP contribution in [-0.2, 0) is 5.41 Å². The molecule has 0 spiro atoms. The van der Waals surface area contributed by atoms with Gasteiger partial charge in [0.2, 0.25) is 0 Å². The third-order valence-corrected chi connectivity index (χ3v) is 3.51. The summed E-state index contributed by atoms with van der Waals surface area (Å²) >= 11 is 0. The molecule has 0 bridgehead atoms. The Labute approximate surface area is 133 Å². The summed E-state index contributed by atoms with van der Waals surface area (Å²) in [5, 5.41) is 3.32. The van der Waals surface area contributed by atoms with Crippen LogP contribution in [0.15, 0.2) is 48.5 Å². The van der Waals surface area contributed by atoms with Crippen molar-refractivity contribution in [1.29, 1.82) is 0 Å². The molecule has 3 nitrogen and oxygen atoms in total. The molecule has 0 unspecified atom stereocenters. The fourth-order valence-corrected chi connectivity index (χ4v) is 2.12. The molecule has 0 aromatic heterocycles. The van der Waals surface area contributed by atoms with Gasteiger partial charge in [-0.3, -0.25) is 0 Å². The van der Waals surface area contributed by atoms with Gasteiger partial charge in [-0.05, 0) is 47.4 Å². The Kier molecular flexibility index (Phi) is 5.31. The van der Waals surface area contributed by atoms with Gasteiger partial charge in [0, 0.05) is 12.2 Å². The zero-order chi connectivity index (χ0) is 16.0. The molecule has 118 valence electrons. The summed E-state index contributed by atoms with van der Waals surface area (Å²) in [6, 6.07) is 16.2. The van der Waals surface area contributed by atoms with Crippen molar-refractivity contribution in [2.24, 2.45) is 0 Å². The van der Waals surface area contributed by atoms with E-state index >= 15 is 0 Å². The standard InChI is InChI=1S/C19H25NO2/c1-19(2,3)15-5-9-18(10-6-15)22-14-13-20-16-7-11-17(21-4)12-8-16/h5-12,20H,13-14H2,1-4H3. The average Bonchev–Trinajstić information content (AvgIpc) is 2.52. The van der Waals surface area contributed by atoms with Gasteiger partial charge in [0.05, 0.1) is 7.11 Å². The van der Waals surface area contributed by atoms with Crippen LogP contribution in [-0.4, -0.2) is 20.3 Å². The Bertz CT molecular complexity index is 568. The molecule has 0 aliphatic carbocycles. The number of hydrogen-bond acceptors (Lipinski definition) is 3. The zero-order valence-electron chi connectivity index (χ0n) is 13.8. The number of hydrogen-bond donors (Lipinski definition) is 1. The predicted octanol–water partition coefficient (Wildman–Crippen LogP) is 4.48. The van der Waals surface area contributed by atoms with E-state index in [9.17, 15) is 0 Å². The molecule has 0 aliphatic heterocycles. The van der Waals surface area contributed by atoms with Crippen molar-refractivity contribution in [2.45, 2.75) is 26.2 Å². The van der Waals surface area contributed by atoms with Gasteiger partial charge in [-0.25, -0.2) is 0 Å². The Morgan fingerprint density at radius 1 is 0.864 bits per heavy atom. The first kappa shape index (κ1) is 16.2. The van der Waals surface area contributed by atoms with Crippen LogP contribution < -0.4 is 14.8 Å². The van der Waals surface area contributed by atoms with Gasteiger partial charge in [0.1, 0.15) is 18.1 Å². The lowest BCUT2D eigenvalue weighted by molar-refractivity contribution is 0.332. The van der Waals surface area contributed by atoms with Crippen LogP contribution >= 0.6 is 0 Å². The van der Waals surface area contributed by atoms with Crippen molar-refractivity contribution in [1.82, 2.24) is 0 Å². The lowest BCUT2D eigenvalue weighted by atomic mass is 9.87. The van der Waals surface area contributed by atoms with E-state index in [0.29, 0.717) is 6.61 Å². The number of methoxy groups -OCH3 is 1. The molecule has 2 aromatic rings. The fourth-order valence-electron chi connectivity index (χ4n) is 2.12. The SMILES string of the molecule is COc1ccc(NCCOc2ccc(C(C)(C)C)cc2)cc1. The van der Waals surface area contributed by atoms with Crippen molar-refractivity contribution < 1.29 is 9.47 Å². The smallest absolute Gasteiger partial charge is 0.119 e. The highest BCUT2D eigenvalue weighted by Crippen LogP contribution is 2.24. The molecule has 0 amide bonds. The fraction of sp³-hybridized carbons (Fsp3) is 0.368. The van der Waals surface area contributed by atoms with E-state index in [1.165, 1.54) is 5.56 Å². The van der Waals surface area contributed by atoms with Gasteiger partial charge in [-0.2, -0.15) is 0 Å². The molecule has 0 fully saturated rings. The zero-order valence-corrected chi connectivity index (χ0v) is 13.8. The second kappa shape index (κ2) is 7.21. The van der Waals surface area contributed by atoms with Gasteiger partial charge < -0.3 is 14.8 Å². The molecule has 22 heavy (non-hydrogen) atoms. The Morgan fingerprint density at radius 3 is 2.00 bits per heavy atom. The summed E-state index contributed by atoms with van der Waals surface area (Å²) in [5.74, 6) is 1.77. The third kappa shape index (κ3) is 4.69. The highest BCUT2D eigenvalue weighted by Gasteiger charge is 2.12. The van der Waals surface area contributed by atoms with Gasteiger partial charge in [-0.15, -0.1) is 0 Å². The van der Waals surface area contributed by atoms with Gasteiger partial charge in [0.15, 0.2) is 0 Å². The van der Waals surface area contributed by atoms with Crippen LogP contribution in [0.2, 0.25) is 0 Å². The van der Waals surface area contributed by atoms with Crippen LogP contribution in [0.4, 0.5) is 5.69 Å². The summed E-state index contributed by atoms with van der Waals surface area (Å²) in [6.07, 6.45) is 0. The molecule has 1 N–H and O–H groups in total. The second-order valence-corrected chi connectivity index (χ2v) is 6.28. The lowest BCUT2D eigenvalue weighted by Gasteiger charge is -2.19. The van der Waals surface area contributed by atoms with Crippen LogP contribution in [0.1, 0.15) is 26.3 Å². The van der Waals surface area contributed by atoms with Crippen molar-refractivity contribution in [3.63, 3.8) is 0 Å². The van der Waals surface area contributed by atoms with E-state index in [0.717, 1.165) is 23.7 Å². The van der Waals surface area contributed by atoms with E-state index < -0.39 is 0 Å². The molecule has 0 aliphatic rings. The Morgan fingerprint density at radius 2 is 1.45 bits per heavy atom. The second-order valence-electron chi connectivity index (χ2n) is 6.28. The number of benzene rings is 2. The molecular weight excluding hydrogens is 274 g/mol. The minimum absolute atomic E-state index is 0.175. The minimum atomic E-state index is 0.175. The lowest BCUT2D eigenvalue weighted by Crippen LogP contribution is -2.12. The topological polar surface area (TPSA) is 30.5 Å². The highest BCUT2D eigenvalue weighted by atomic mass is 16.5. The summed E-state index contributed by atoms with van der Waals surface area (Å²) in [4.78, 5) is 0. The number of rotatable bonds is 6. The van der Waals surface area contributed by atoms with Crippen molar-refractivity contribution >= 4 is 5.69 Å². The maximum atomic E-state index is 5.75. The third-order valence-electron chi connectivity index (χ3n) is 3.51. The average molecular weight is 299 g/mol. The van der Waals surface area contributed by atoms with E-state index in [1.54, 1.807) is 7.11 Å². The van der Waals surface area contributed by atoms with Crippen molar-refractivity contribution in [3.8, 4) is 11.5 Å². The largest absolute Gasteiger partial charge is 0.497 e. The molecular formula is C19H25NO2. The molecule has 2 aromatic carbocycles. The summed E-state index contributed by atoms with van der Waals surface area (Å²) < 4.78 is 10.9. The normalized spacial score (nSPS) is 11.1. The minimum Gasteiger partial charge on any atom is -0.497 e. The van der Waals surface area contributed by atoms with Gasteiger partial charge in [-0.1, -0.05) is 32.9 Å². The van der Waals surface area contributed by atoms with Crippen molar-refractivity contribution in [2.75, 3.05) is 25.6 Å². The maximum absolute atomic E-state index is 5.75.